The number of carbonyl (C=O) groups is 2. The second kappa shape index (κ2) is 12.1. The molecule has 0 radical (unpaired) electrons. The molecule has 0 saturated heterocycles. The average Bonchev–Trinajstić information content (AvgIpc) is 2.84. The molecule has 0 heterocycles. The summed E-state index contributed by atoms with van der Waals surface area (Å²) in [7, 11) is 2.95. The number of carbonyl (C=O) groups excluding carboxylic acids is 2. The number of nitrogens with zero attached hydrogens (tertiary/aromatic N) is 1. The highest BCUT2D eigenvalue weighted by atomic mass is 79.9. The highest BCUT2D eigenvalue weighted by Crippen LogP contribution is 2.30. The third-order valence-electron chi connectivity index (χ3n) is 4.37. The van der Waals surface area contributed by atoms with Crippen LogP contribution in [-0.4, -0.2) is 38.9 Å². The third kappa shape index (κ3) is 6.72. The molecule has 0 aliphatic rings. The van der Waals surface area contributed by atoms with Gasteiger partial charge in [-0.15, -0.1) is 0 Å². The van der Waals surface area contributed by atoms with Crippen molar-refractivity contribution in [3.8, 4) is 23.0 Å². The van der Waals surface area contributed by atoms with Gasteiger partial charge in [0.1, 0.15) is 0 Å². The summed E-state index contributed by atoms with van der Waals surface area (Å²) in [6.45, 7) is -0.254. The molecule has 1 amide bonds. The van der Waals surface area contributed by atoms with E-state index in [2.05, 4.69) is 26.5 Å². The zero-order valence-corrected chi connectivity index (χ0v) is 20.6. The number of halogens is 2. The van der Waals surface area contributed by atoms with Gasteiger partial charge in [-0.05, 0) is 54.1 Å². The number of hydrazone groups is 1. The molecule has 1 N–H and O–H groups in total. The van der Waals surface area contributed by atoms with Crippen molar-refractivity contribution in [3.05, 3.63) is 81.3 Å². The molecule has 0 aliphatic carbocycles. The number of rotatable bonds is 9. The summed E-state index contributed by atoms with van der Waals surface area (Å²) in [6.07, 6.45) is 1.42. The summed E-state index contributed by atoms with van der Waals surface area (Å²) in [6, 6.07) is 16.6. The van der Waals surface area contributed by atoms with Crippen LogP contribution >= 0.6 is 27.5 Å². The maximum atomic E-state index is 12.4. The first-order chi connectivity index (χ1) is 16.4. The van der Waals surface area contributed by atoms with Crippen molar-refractivity contribution in [3.63, 3.8) is 0 Å². The Balaban J connectivity index is 1.58. The Kier molecular flexibility index (Phi) is 8.89. The van der Waals surface area contributed by atoms with Crippen LogP contribution in [0.2, 0.25) is 5.02 Å². The molecule has 3 aromatic rings. The number of benzene rings is 3. The largest absolute Gasteiger partial charge is 0.493 e. The van der Waals surface area contributed by atoms with E-state index in [0.29, 0.717) is 22.8 Å². The molecule has 0 bridgehead atoms. The summed E-state index contributed by atoms with van der Waals surface area (Å²) in [5.74, 6) is 0.370. The second-order valence-electron chi connectivity index (χ2n) is 6.66. The maximum absolute atomic E-state index is 12.4. The molecular formula is C24H20BrClN2O6. The molecule has 0 fully saturated rings. The predicted molar refractivity (Wildman–Crippen MR) is 131 cm³/mol. The Labute approximate surface area is 209 Å². The average molecular weight is 548 g/mol. The Morgan fingerprint density at radius 3 is 2.41 bits per heavy atom. The van der Waals surface area contributed by atoms with Gasteiger partial charge in [-0.3, -0.25) is 4.79 Å². The highest BCUT2D eigenvalue weighted by molar-refractivity contribution is 9.10. The van der Waals surface area contributed by atoms with E-state index in [4.69, 9.17) is 30.5 Å². The van der Waals surface area contributed by atoms with Crippen LogP contribution in [-0.2, 0) is 4.79 Å². The van der Waals surface area contributed by atoms with Gasteiger partial charge in [-0.1, -0.05) is 39.7 Å². The lowest BCUT2D eigenvalue weighted by Gasteiger charge is -2.11. The van der Waals surface area contributed by atoms with Gasteiger partial charge < -0.3 is 18.9 Å². The fourth-order valence-electron chi connectivity index (χ4n) is 2.75. The first-order valence-electron chi connectivity index (χ1n) is 9.84. The monoisotopic (exact) mass is 546 g/mol. The smallest absolute Gasteiger partial charge is 0.345 e. The fraction of sp³-hybridized carbons (Fsp3) is 0.125. The molecule has 0 aromatic heterocycles. The molecule has 0 spiro atoms. The highest BCUT2D eigenvalue weighted by Gasteiger charge is 2.15. The minimum atomic E-state index is -0.611. The van der Waals surface area contributed by atoms with Crippen LogP contribution in [0.5, 0.6) is 23.0 Å². The van der Waals surface area contributed by atoms with Crippen molar-refractivity contribution < 1.29 is 28.5 Å². The van der Waals surface area contributed by atoms with Gasteiger partial charge in [0.05, 0.1) is 31.0 Å². The number of methoxy groups -OCH3 is 2. The zero-order chi connectivity index (χ0) is 24.5. The molecule has 0 unspecified atom stereocenters. The summed E-state index contributed by atoms with van der Waals surface area (Å²) in [5.41, 5.74) is 3.22. The lowest BCUT2D eigenvalue weighted by atomic mass is 10.2. The normalized spacial score (nSPS) is 10.6. The van der Waals surface area contributed by atoms with Crippen molar-refractivity contribution in [2.75, 3.05) is 20.8 Å². The Morgan fingerprint density at radius 1 is 0.971 bits per heavy atom. The van der Waals surface area contributed by atoms with Crippen molar-refractivity contribution in [2.24, 2.45) is 5.10 Å². The van der Waals surface area contributed by atoms with E-state index in [0.717, 1.165) is 4.47 Å². The van der Waals surface area contributed by atoms with Crippen LogP contribution in [0.25, 0.3) is 0 Å². The van der Waals surface area contributed by atoms with Gasteiger partial charge in [0.25, 0.3) is 5.91 Å². The van der Waals surface area contributed by atoms with Crippen LogP contribution < -0.4 is 24.4 Å². The molecule has 0 atom stereocenters. The SMILES string of the molecule is COc1cc(Br)ccc1OCC(=O)N/N=C\c1ccc(OC(=O)c2ccccc2Cl)c(OC)c1. The minimum absolute atomic E-state index is 0.213. The lowest BCUT2D eigenvalue weighted by molar-refractivity contribution is -0.123. The number of hydrogen-bond donors (Lipinski definition) is 1. The lowest BCUT2D eigenvalue weighted by Crippen LogP contribution is -2.24. The Morgan fingerprint density at radius 2 is 1.68 bits per heavy atom. The number of ether oxygens (including phenoxy) is 4. The maximum Gasteiger partial charge on any atom is 0.345 e. The Hall–Kier alpha value is -3.56. The van der Waals surface area contributed by atoms with E-state index >= 15 is 0 Å². The Bertz CT molecular complexity index is 1220. The standard InChI is InChI=1S/C24H20BrClN2O6/c1-31-21-11-15(7-9-20(21)34-24(30)17-5-3-4-6-18(17)26)13-27-28-23(29)14-33-19-10-8-16(25)12-22(19)32-2/h3-13H,14H2,1-2H3,(H,28,29)/b27-13-. The van der Waals surface area contributed by atoms with E-state index in [1.54, 1.807) is 60.7 Å². The molecule has 3 aromatic carbocycles. The van der Waals surface area contributed by atoms with Crippen LogP contribution in [0.4, 0.5) is 0 Å². The number of amides is 1. The van der Waals surface area contributed by atoms with E-state index < -0.39 is 11.9 Å². The molecule has 176 valence electrons. The molecule has 0 aliphatic heterocycles. The molecule has 10 heteroatoms. The van der Waals surface area contributed by atoms with E-state index in [-0.39, 0.29) is 22.9 Å². The van der Waals surface area contributed by atoms with Crippen molar-refractivity contribution in [1.82, 2.24) is 5.43 Å². The topological polar surface area (TPSA) is 95.5 Å². The summed E-state index contributed by atoms with van der Waals surface area (Å²) in [5, 5.41) is 4.20. The van der Waals surface area contributed by atoms with Gasteiger partial charge >= 0.3 is 5.97 Å². The quantitative estimate of drug-likeness (QED) is 0.178. The van der Waals surface area contributed by atoms with E-state index in [1.807, 2.05) is 0 Å². The van der Waals surface area contributed by atoms with Gasteiger partial charge in [0.15, 0.2) is 29.6 Å². The minimum Gasteiger partial charge on any atom is -0.493 e. The number of esters is 1. The predicted octanol–water partition coefficient (Wildman–Crippen LogP) is 4.87. The van der Waals surface area contributed by atoms with Gasteiger partial charge in [0.2, 0.25) is 0 Å². The fourth-order valence-corrected chi connectivity index (χ4v) is 3.30. The summed E-state index contributed by atoms with van der Waals surface area (Å²) < 4.78 is 22.2. The van der Waals surface area contributed by atoms with E-state index in [9.17, 15) is 9.59 Å². The van der Waals surface area contributed by atoms with E-state index in [1.165, 1.54) is 20.4 Å². The van der Waals surface area contributed by atoms with Crippen molar-refractivity contribution in [1.29, 1.82) is 0 Å². The zero-order valence-electron chi connectivity index (χ0n) is 18.2. The second-order valence-corrected chi connectivity index (χ2v) is 7.98. The third-order valence-corrected chi connectivity index (χ3v) is 5.19. The molecular weight excluding hydrogens is 528 g/mol. The van der Waals surface area contributed by atoms with Crippen LogP contribution in [0, 0.1) is 0 Å². The molecule has 34 heavy (non-hydrogen) atoms. The number of hydrogen-bond acceptors (Lipinski definition) is 7. The first-order valence-corrected chi connectivity index (χ1v) is 11.0. The van der Waals surface area contributed by atoms with Crippen LogP contribution in [0.1, 0.15) is 15.9 Å². The van der Waals surface area contributed by atoms with Gasteiger partial charge in [-0.2, -0.15) is 5.10 Å². The number of nitrogens with one attached hydrogen (secondary N) is 1. The van der Waals surface area contributed by atoms with Gasteiger partial charge in [-0.25, -0.2) is 10.2 Å². The van der Waals surface area contributed by atoms with Gasteiger partial charge in [0, 0.05) is 4.47 Å². The summed E-state index contributed by atoms with van der Waals surface area (Å²) >= 11 is 9.39. The molecule has 3 rings (SSSR count). The summed E-state index contributed by atoms with van der Waals surface area (Å²) in [4.78, 5) is 24.4. The van der Waals surface area contributed by atoms with Crippen molar-refractivity contribution in [2.45, 2.75) is 0 Å². The van der Waals surface area contributed by atoms with Crippen LogP contribution in [0.15, 0.2) is 70.2 Å². The van der Waals surface area contributed by atoms with Crippen LogP contribution in [0.3, 0.4) is 0 Å². The first kappa shape index (κ1) is 25.1. The molecule has 0 saturated carbocycles. The van der Waals surface area contributed by atoms with Crippen molar-refractivity contribution >= 4 is 45.6 Å². The molecule has 8 nitrogen and oxygen atoms in total.